The molecule has 29 heavy (non-hydrogen) atoms. The van der Waals surface area contributed by atoms with E-state index in [-0.39, 0.29) is 0 Å². The predicted octanol–water partition coefficient (Wildman–Crippen LogP) is 0.386. The lowest BCUT2D eigenvalue weighted by molar-refractivity contribution is -0.331. The zero-order chi connectivity index (χ0) is 22.4. The van der Waals surface area contributed by atoms with Crippen molar-refractivity contribution in [2.24, 2.45) is 0 Å². The average molecular weight is 419 g/mol. The van der Waals surface area contributed by atoms with E-state index in [2.05, 4.69) is 6.58 Å². The van der Waals surface area contributed by atoms with E-state index in [0.717, 1.165) is 5.57 Å². The van der Waals surface area contributed by atoms with Gasteiger partial charge in [0.05, 0.1) is 23.9 Å². The maximum absolute atomic E-state index is 10.6. The van der Waals surface area contributed by atoms with Gasteiger partial charge in [0.2, 0.25) is 0 Å². The Morgan fingerprint density at radius 2 is 1.79 bits per heavy atom. The topological polar surface area (TPSA) is 140 Å². The summed E-state index contributed by atoms with van der Waals surface area (Å²) in [7, 11) is 0. The summed E-state index contributed by atoms with van der Waals surface area (Å²) in [4.78, 5) is 0. The monoisotopic (exact) mass is 418 g/mol. The molecular weight excluding hydrogens is 380 g/mol. The van der Waals surface area contributed by atoms with Crippen molar-refractivity contribution >= 4 is 0 Å². The highest BCUT2D eigenvalue weighted by molar-refractivity contribution is 5.02. The lowest BCUT2D eigenvalue weighted by atomic mass is 9.93. The second kappa shape index (κ2) is 11.0. The van der Waals surface area contributed by atoms with E-state index >= 15 is 0 Å². The molecule has 7 atom stereocenters. The molecule has 0 aromatic rings. The molecule has 1 aliphatic heterocycles. The van der Waals surface area contributed by atoms with Crippen LogP contribution in [0.5, 0.6) is 0 Å². The van der Waals surface area contributed by atoms with Gasteiger partial charge in [0.25, 0.3) is 0 Å². The van der Waals surface area contributed by atoms with Gasteiger partial charge in [-0.25, -0.2) is 0 Å². The molecule has 6 N–H and O–H groups in total. The summed E-state index contributed by atoms with van der Waals surface area (Å²) in [5.74, 6) is 0. The third-order valence-electron chi connectivity index (χ3n) is 5.47. The van der Waals surface area contributed by atoms with Crippen LogP contribution in [0, 0.1) is 0 Å². The Kier molecular flexibility index (Phi) is 9.91. The Morgan fingerprint density at radius 1 is 1.17 bits per heavy atom. The summed E-state index contributed by atoms with van der Waals surface area (Å²) < 4.78 is 11.1. The molecule has 1 heterocycles. The van der Waals surface area contributed by atoms with Crippen LogP contribution in [0.3, 0.4) is 0 Å². The van der Waals surface area contributed by atoms with Crippen molar-refractivity contribution in [3.05, 3.63) is 24.3 Å². The van der Waals surface area contributed by atoms with E-state index in [1.165, 1.54) is 6.08 Å². The zero-order valence-corrected chi connectivity index (χ0v) is 17.9. The van der Waals surface area contributed by atoms with Crippen LogP contribution in [0.25, 0.3) is 0 Å². The van der Waals surface area contributed by atoms with Crippen molar-refractivity contribution in [1.29, 1.82) is 0 Å². The number of aliphatic hydroxyl groups is 6. The first-order valence-corrected chi connectivity index (χ1v) is 10.0. The first kappa shape index (κ1) is 26.2. The summed E-state index contributed by atoms with van der Waals surface area (Å²) in [5, 5.41) is 59.6. The predicted molar refractivity (Wildman–Crippen MR) is 108 cm³/mol. The standard InChI is InChI=1S/C21H38O8/c1-6-21(5,27)11-7-8-13(2)9-10-15(23)20(3,4)29-19-18(26)17(25)16(24)14(12-22)28-19/h6,8,14-19,22-27H,1,7,9-12H2,2-5H3/b13-8+/t14-,15+,16-,17+,18-,19+,21-/m1/s1. The number of allylic oxidation sites excluding steroid dienone is 2. The number of hydrogen-bond acceptors (Lipinski definition) is 8. The summed E-state index contributed by atoms with van der Waals surface area (Å²) in [6.45, 7) is 9.98. The van der Waals surface area contributed by atoms with Crippen molar-refractivity contribution < 1.29 is 40.1 Å². The maximum Gasteiger partial charge on any atom is 0.187 e. The van der Waals surface area contributed by atoms with Gasteiger partial charge in [-0.05, 0) is 53.4 Å². The minimum Gasteiger partial charge on any atom is -0.394 e. The van der Waals surface area contributed by atoms with Gasteiger partial charge in [-0.2, -0.15) is 0 Å². The lowest BCUT2D eigenvalue weighted by Gasteiger charge is -2.43. The van der Waals surface area contributed by atoms with Crippen LogP contribution in [0.2, 0.25) is 0 Å². The Balaban J connectivity index is 2.59. The Morgan fingerprint density at radius 3 is 2.34 bits per heavy atom. The summed E-state index contributed by atoms with van der Waals surface area (Å²) in [6.07, 6.45) is -1.99. The molecule has 170 valence electrons. The first-order valence-electron chi connectivity index (χ1n) is 10.0. The number of hydrogen-bond donors (Lipinski definition) is 6. The third-order valence-corrected chi connectivity index (χ3v) is 5.47. The number of aliphatic hydroxyl groups excluding tert-OH is 5. The second-order valence-corrected chi connectivity index (χ2v) is 8.62. The molecule has 8 nitrogen and oxygen atoms in total. The molecule has 0 spiro atoms. The molecule has 0 radical (unpaired) electrons. The van der Waals surface area contributed by atoms with Crippen LogP contribution >= 0.6 is 0 Å². The third kappa shape index (κ3) is 7.73. The fraction of sp³-hybridized carbons (Fsp3) is 0.810. The Bertz CT molecular complexity index is 543. The summed E-state index contributed by atoms with van der Waals surface area (Å²) in [5.41, 5.74) is -0.953. The maximum atomic E-state index is 10.6. The van der Waals surface area contributed by atoms with Gasteiger partial charge in [-0.3, -0.25) is 0 Å². The second-order valence-electron chi connectivity index (χ2n) is 8.62. The fourth-order valence-corrected chi connectivity index (χ4v) is 3.07. The van der Waals surface area contributed by atoms with Gasteiger partial charge in [0.15, 0.2) is 6.29 Å². The first-order chi connectivity index (χ1) is 13.3. The molecule has 1 aliphatic rings. The molecule has 0 aromatic carbocycles. The normalized spacial score (nSPS) is 31.9. The van der Waals surface area contributed by atoms with Gasteiger partial charge >= 0.3 is 0 Å². The van der Waals surface area contributed by atoms with Crippen molar-refractivity contribution in [2.45, 2.75) is 101 Å². The molecule has 1 rings (SSSR count). The van der Waals surface area contributed by atoms with Crippen molar-refractivity contribution in [3.8, 4) is 0 Å². The van der Waals surface area contributed by atoms with Crippen LogP contribution in [0.4, 0.5) is 0 Å². The van der Waals surface area contributed by atoms with Gasteiger partial charge < -0.3 is 40.1 Å². The Labute approximate surface area is 173 Å². The van der Waals surface area contributed by atoms with E-state index in [1.54, 1.807) is 20.8 Å². The molecule has 0 aromatic heterocycles. The zero-order valence-electron chi connectivity index (χ0n) is 17.9. The van der Waals surface area contributed by atoms with Gasteiger partial charge in [-0.1, -0.05) is 17.7 Å². The quantitative estimate of drug-likeness (QED) is 0.265. The molecule has 8 heteroatoms. The van der Waals surface area contributed by atoms with E-state index in [0.29, 0.717) is 25.7 Å². The molecular formula is C21H38O8. The van der Waals surface area contributed by atoms with E-state index in [4.69, 9.17) is 9.47 Å². The largest absolute Gasteiger partial charge is 0.394 e. The van der Waals surface area contributed by atoms with Crippen LogP contribution < -0.4 is 0 Å². The smallest absolute Gasteiger partial charge is 0.187 e. The van der Waals surface area contributed by atoms with Crippen molar-refractivity contribution in [3.63, 3.8) is 0 Å². The minimum absolute atomic E-state index is 0.393. The molecule has 0 unspecified atom stereocenters. The lowest BCUT2D eigenvalue weighted by Crippen LogP contribution is -2.61. The van der Waals surface area contributed by atoms with Crippen LogP contribution in [-0.2, 0) is 9.47 Å². The fourth-order valence-electron chi connectivity index (χ4n) is 3.07. The van der Waals surface area contributed by atoms with Gasteiger partial charge in [-0.15, -0.1) is 6.58 Å². The highest BCUT2D eigenvalue weighted by atomic mass is 16.7. The summed E-state index contributed by atoms with van der Waals surface area (Å²) >= 11 is 0. The molecule has 0 bridgehead atoms. The Hall–Kier alpha value is -0.840. The highest BCUT2D eigenvalue weighted by Crippen LogP contribution is 2.29. The highest BCUT2D eigenvalue weighted by Gasteiger charge is 2.46. The molecule has 1 fully saturated rings. The minimum atomic E-state index is -1.53. The molecule has 1 saturated heterocycles. The average Bonchev–Trinajstić information content (AvgIpc) is 2.66. The van der Waals surface area contributed by atoms with Crippen molar-refractivity contribution in [1.82, 2.24) is 0 Å². The molecule has 0 saturated carbocycles. The van der Waals surface area contributed by atoms with Crippen molar-refractivity contribution in [2.75, 3.05) is 6.61 Å². The van der Waals surface area contributed by atoms with Crippen LogP contribution in [0.15, 0.2) is 24.3 Å². The number of rotatable bonds is 11. The van der Waals surface area contributed by atoms with Crippen LogP contribution in [0.1, 0.15) is 53.4 Å². The molecule has 0 amide bonds. The van der Waals surface area contributed by atoms with E-state index in [1.807, 2.05) is 13.0 Å². The number of ether oxygens (including phenoxy) is 2. The molecule has 0 aliphatic carbocycles. The van der Waals surface area contributed by atoms with Crippen LogP contribution in [-0.4, -0.2) is 85.3 Å². The SMILES string of the molecule is C=C[C@@](C)(O)CC/C=C(\C)CC[C@H](O)C(C)(C)O[C@@H]1O[C@H](CO)[C@@H](O)[C@H](O)[C@H]1O. The van der Waals surface area contributed by atoms with Gasteiger partial charge in [0, 0.05) is 0 Å². The van der Waals surface area contributed by atoms with E-state index < -0.39 is 54.6 Å². The van der Waals surface area contributed by atoms with Gasteiger partial charge in [0.1, 0.15) is 24.4 Å². The summed E-state index contributed by atoms with van der Waals surface area (Å²) in [6, 6.07) is 0. The van der Waals surface area contributed by atoms with E-state index in [9.17, 15) is 30.6 Å².